The van der Waals surface area contributed by atoms with Gasteiger partial charge in [0.05, 0.1) is 6.20 Å². The molecule has 0 aromatic carbocycles. The number of fused-ring (bicyclic) bond motifs is 1. The smallest absolute Gasteiger partial charge is 0.174 e. The second kappa shape index (κ2) is 4.11. The molecule has 0 fully saturated rings. The third-order valence-corrected chi connectivity index (χ3v) is 2.49. The van der Waals surface area contributed by atoms with Crippen molar-refractivity contribution in [3.8, 4) is 6.07 Å². The van der Waals surface area contributed by atoms with Gasteiger partial charge in [0.2, 0.25) is 0 Å². The first kappa shape index (κ1) is 10.9. The predicted octanol–water partition coefficient (Wildman–Crippen LogP) is 2.45. The summed E-state index contributed by atoms with van der Waals surface area (Å²) in [6, 6.07) is 3.85. The normalized spacial score (nSPS) is 10.9. The summed E-state index contributed by atoms with van der Waals surface area (Å²) < 4.78 is 1.48. The van der Waals surface area contributed by atoms with Crippen molar-refractivity contribution in [3.63, 3.8) is 0 Å². The van der Waals surface area contributed by atoms with E-state index in [1.807, 2.05) is 0 Å². The second-order valence-electron chi connectivity index (χ2n) is 4.07. The topological polar surface area (TPSA) is 54.0 Å². The molecule has 0 aliphatic carbocycles. The maximum atomic E-state index is 8.90. The molecule has 0 unspecified atom stereocenters. The van der Waals surface area contributed by atoms with Crippen molar-refractivity contribution in [2.24, 2.45) is 5.92 Å². The molecule has 5 heteroatoms. The zero-order chi connectivity index (χ0) is 11.7. The Morgan fingerprint density at radius 2 is 2.31 bits per heavy atom. The van der Waals surface area contributed by atoms with E-state index in [2.05, 4.69) is 30.0 Å². The monoisotopic (exact) mass is 234 g/mol. The summed E-state index contributed by atoms with van der Waals surface area (Å²) >= 11 is 6.07. The van der Waals surface area contributed by atoms with Crippen molar-refractivity contribution >= 4 is 17.2 Å². The Morgan fingerprint density at radius 3 is 2.94 bits per heavy atom. The van der Waals surface area contributed by atoms with Crippen molar-refractivity contribution in [2.75, 3.05) is 0 Å². The van der Waals surface area contributed by atoms with Crippen LogP contribution < -0.4 is 0 Å². The number of hydrogen-bond acceptors (Lipinski definition) is 3. The van der Waals surface area contributed by atoms with Crippen LogP contribution in [0.3, 0.4) is 0 Å². The van der Waals surface area contributed by atoms with Gasteiger partial charge in [-0.3, -0.25) is 0 Å². The highest BCUT2D eigenvalue weighted by atomic mass is 35.5. The highest BCUT2D eigenvalue weighted by molar-refractivity contribution is 6.29. The number of nitriles is 1. The molecule has 0 aliphatic heterocycles. The van der Waals surface area contributed by atoms with Crippen molar-refractivity contribution < 1.29 is 0 Å². The summed E-state index contributed by atoms with van der Waals surface area (Å²) in [7, 11) is 0. The zero-order valence-corrected chi connectivity index (χ0v) is 9.86. The molecule has 16 heavy (non-hydrogen) atoms. The molecule has 0 N–H and O–H groups in total. The minimum absolute atomic E-state index is 0.451. The van der Waals surface area contributed by atoms with Gasteiger partial charge < -0.3 is 0 Å². The first-order chi connectivity index (χ1) is 7.61. The molecule has 2 aromatic heterocycles. The van der Waals surface area contributed by atoms with Crippen LogP contribution in [0, 0.1) is 17.2 Å². The molecule has 0 saturated heterocycles. The maximum Gasteiger partial charge on any atom is 0.174 e. The van der Waals surface area contributed by atoms with Crippen LogP contribution in [-0.4, -0.2) is 14.6 Å². The summed E-state index contributed by atoms with van der Waals surface area (Å²) in [4.78, 5) is 4.40. The molecule has 2 heterocycles. The van der Waals surface area contributed by atoms with Gasteiger partial charge in [-0.25, -0.2) is 9.50 Å². The summed E-state index contributed by atoms with van der Waals surface area (Å²) in [5, 5.41) is 13.4. The molecular weight excluding hydrogens is 224 g/mol. The highest BCUT2D eigenvalue weighted by Gasteiger charge is 2.10. The molecule has 0 radical (unpaired) electrons. The molecule has 0 spiro atoms. The van der Waals surface area contributed by atoms with Crippen molar-refractivity contribution in [1.82, 2.24) is 14.6 Å². The van der Waals surface area contributed by atoms with Gasteiger partial charge in [0.25, 0.3) is 0 Å². The van der Waals surface area contributed by atoms with E-state index in [4.69, 9.17) is 16.9 Å². The fraction of sp³-hybridized carbons (Fsp3) is 0.364. The van der Waals surface area contributed by atoms with Gasteiger partial charge in [-0.15, -0.1) is 0 Å². The van der Waals surface area contributed by atoms with Gasteiger partial charge >= 0.3 is 0 Å². The third-order valence-electron chi connectivity index (χ3n) is 2.22. The van der Waals surface area contributed by atoms with Crippen LogP contribution in [0.5, 0.6) is 0 Å². The van der Waals surface area contributed by atoms with E-state index in [1.54, 1.807) is 6.07 Å². The van der Waals surface area contributed by atoms with Crippen molar-refractivity contribution in [1.29, 1.82) is 5.26 Å². The Hall–Kier alpha value is -1.60. The Labute approximate surface area is 98.5 Å². The van der Waals surface area contributed by atoms with Crippen LogP contribution >= 0.6 is 11.6 Å². The standard InChI is InChI=1S/C11H11ClN4/c1-7(2)3-9-4-10(12)16-11(15-9)8(5-13)6-14-16/h4,6-7H,3H2,1-2H3. The van der Waals surface area contributed by atoms with Gasteiger partial charge in [-0.2, -0.15) is 10.4 Å². The van der Waals surface area contributed by atoms with Crippen LogP contribution in [-0.2, 0) is 6.42 Å². The van der Waals surface area contributed by atoms with E-state index in [9.17, 15) is 0 Å². The molecule has 2 rings (SSSR count). The van der Waals surface area contributed by atoms with Crippen LogP contribution in [0.1, 0.15) is 25.1 Å². The molecule has 0 atom stereocenters. The lowest BCUT2D eigenvalue weighted by Crippen LogP contribution is -2.01. The Bertz CT molecular complexity index is 565. The van der Waals surface area contributed by atoms with Crippen molar-refractivity contribution in [3.05, 3.63) is 28.7 Å². The van der Waals surface area contributed by atoms with Gasteiger partial charge in [0.1, 0.15) is 16.8 Å². The number of aromatic nitrogens is 3. The van der Waals surface area contributed by atoms with E-state index in [0.29, 0.717) is 22.3 Å². The van der Waals surface area contributed by atoms with Crippen LogP contribution in [0.15, 0.2) is 12.3 Å². The Kier molecular flexibility index (Phi) is 2.80. The summed E-state index contributed by atoms with van der Waals surface area (Å²) in [5.74, 6) is 0.500. The molecule has 0 bridgehead atoms. The quantitative estimate of drug-likeness (QED) is 0.750. The lowest BCUT2D eigenvalue weighted by Gasteiger charge is -2.05. The molecule has 0 aliphatic rings. The molecule has 0 saturated carbocycles. The third kappa shape index (κ3) is 1.86. The predicted molar refractivity (Wildman–Crippen MR) is 61.3 cm³/mol. The van der Waals surface area contributed by atoms with Gasteiger partial charge in [-0.1, -0.05) is 25.4 Å². The average Bonchev–Trinajstić information content (AvgIpc) is 2.60. The molecule has 4 nitrogen and oxygen atoms in total. The number of halogens is 1. The summed E-state index contributed by atoms with van der Waals surface area (Å²) in [5.41, 5.74) is 1.88. The van der Waals surface area contributed by atoms with E-state index in [-0.39, 0.29) is 0 Å². The van der Waals surface area contributed by atoms with E-state index >= 15 is 0 Å². The first-order valence-electron chi connectivity index (χ1n) is 5.05. The summed E-state index contributed by atoms with van der Waals surface area (Å²) in [6.45, 7) is 4.22. The van der Waals surface area contributed by atoms with Crippen LogP contribution in [0.2, 0.25) is 5.15 Å². The average molecular weight is 235 g/mol. The van der Waals surface area contributed by atoms with Gasteiger partial charge in [-0.05, 0) is 18.4 Å². The molecule has 2 aromatic rings. The van der Waals surface area contributed by atoms with Gasteiger partial charge in [0.15, 0.2) is 5.65 Å². The minimum atomic E-state index is 0.451. The first-order valence-corrected chi connectivity index (χ1v) is 5.43. The van der Waals surface area contributed by atoms with Gasteiger partial charge in [0, 0.05) is 5.69 Å². The summed E-state index contributed by atoms with van der Waals surface area (Å²) in [6.07, 6.45) is 2.32. The Morgan fingerprint density at radius 1 is 1.56 bits per heavy atom. The SMILES string of the molecule is CC(C)Cc1cc(Cl)n2ncc(C#N)c2n1. The minimum Gasteiger partial charge on any atom is -0.232 e. The second-order valence-corrected chi connectivity index (χ2v) is 4.46. The fourth-order valence-corrected chi connectivity index (χ4v) is 1.82. The molecular formula is C11H11ClN4. The maximum absolute atomic E-state index is 8.90. The lowest BCUT2D eigenvalue weighted by atomic mass is 10.1. The Balaban J connectivity index is 2.60. The highest BCUT2D eigenvalue weighted by Crippen LogP contribution is 2.17. The number of hydrogen-bond donors (Lipinski definition) is 0. The van der Waals surface area contributed by atoms with Crippen molar-refractivity contribution in [2.45, 2.75) is 20.3 Å². The lowest BCUT2D eigenvalue weighted by molar-refractivity contribution is 0.634. The number of rotatable bonds is 2. The fourth-order valence-electron chi connectivity index (χ4n) is 1.57. The number of nitrogens with zero attached hydrogens (tertiary/aromatic N) is 4. The molecule has 0 amide bonds. The molecule has 82 valence electrons. The van der Waals surface area contributed by atoms with Crippen LogP contribution in [0.4, 0.5) is 0 Å². The van der Waals surface area contributed by atoms with E-state index < -0.39 is 0 Å². The van der Waals surface area contributed by atoms with E-state index in [0.717, 1.165) is 12.1 Å². The largest absolute Gasteiger partial charge is 0.232 e. The van der Waals surface area contributed by atoms with Crippen LogP contribution in [0.25, 0.3) is 5.65 Å². The van der Waals surface area contributed by atoms with E-state index in [1.165, 1.54) is 10.7 Å². The zero-order valence-electron chi connectivity index (χ0n) is 9.11.